The predicted molar refractivity (Wildman–Crippen MR) is 114 cm³/mol. The van der Waals surface area contributed by atoms with E-state index in [1.165, 1.54) is 10.9 Å². The van der Waals surface area contributed by atoms with Crippen molar-refractivity contribution in [3.05, 3.63) is 112 Å². The number of fused-ring (bicyclic) bond motifs is 1. The van der Waals surface area contributed by atoms with Crippen LogP contribution in [0.5, 0.6) is 0 Å². The molecule has 1 atom stereocenters. The lowest BCUT2D eigenvalue weighted by Crippen LogP contribution is -2.35. The second kappa shape index (κ2) is 8.10. The van der Waals surface area contributed by atoms with Crippen molar-refractivity contribution >= 4 is 16.8 Å². The van der Waals surface area contributed by atoms with E-state index in [2.05, 4.69) is 10.3 Å². The number of amides is 1. The molecule has 0 aliphatic rings. The Morgan fingerprint density at radius 2 is 1.59 bits per heavy atom. The summed E-state index contributed by atoms with van der Waals surface area (Å²) < 4.78 is 1.34. The minimum absolute atomic E-state index is 0.0914. The van der Waals surface area contributed by atoms with Crippen LogP contribution in [0.1, 0.15) is 22.7 Å². The Bertz CT molecular complexity index is 1200. The second-order valence-corrected chi connectivity index (χ2v) is 7.02. The summed E-state index contributed by atoms with van der Waals surface area (Å²) in [7, 11) is 0. The topological polar surface area (TPSA) is 64.0 Å². The summed E-state index contributed by atoms with van der Waals surface area (Å²) in [6, 6.07) is 24.7. The Hall–Kier alpha value is -3.73. The second-order valence-electron chi connectivity index (χ2n) is 7.02. The van der Waals surface area contributed by atoms with E-state index in [0.717, 1.165) is 16.7 Å². The van der Waals surface area contributed by atoms with Crippen LogP contribution in [-0.2, 0) is 11.3 Å². The van der Waals surface area contributed by atoms with Gasteiger partial charge >= 0.3 is 0 Å². The van der Waals surface area contributed by atoms with Gasteiger partial charge in [-0.15, -0.1) is 0 Å². The molecule has 144 valence electrons. The Morgan fingerprint density at radius 3 is 2.34 bits per heavy atom. The maximum Gasteiger partial charge on any atom is 0.261 e. The number of nitrogens with one attached hydrogen (secondary N) is 1. The van der Waals surface area contributed by atoms with Crippen LogP contribution in [0.25, 0.3) is 10.9 Å². The molecule has 5 nitrogen and oxygen atoms in total. The summed E-state index contributed by atoms with van der Waals surface area (Å²) in [5.74, 6) is -0.251. The van der Waals surface area contributed by atoms with E-state index >= 15 is 0 Å². The molecular weight excluding hydrogens is 362 g/mol. The average Bonchev–Trinajstić information content (AvgIpc) is 2.76. The van der Waals surface area contributed by atoms with Gasteiger partial charge in [-0.05, 0) is 30.2 Å². The monoisotopic (exact) mass is 383 g/mol. The van der Waals surface area contributed by atoms with Gasteiger partial charge in [0.2, 0.25) is 5.91 Å². The van der Waals surface area contributed by atoms with Crippen LogP contribution in [0, 0.1) is 6.92 Å². The van der Waals surface area contributed by atoms with Crippen molar-refractivity contribution in [2.45, 2.75) is 19.5 Å². The van der Waals surface area contributed by atoms with Gasteiger partial charge in [0.1, 0.15) is 6.54 Å². The number of carbonyl (C=O) groups excluding carboxylic acids is 1. The number of aryl methyl sites for hydroxylation is 1. The first kappa shape index (κ1) is 18.6. The summed E-state index contributed by atoms with van der Waals surface area (Å²) in [6.45, 7) is 1.94. The van der Waals surface area contributed by atoms with E-state index < -0.39 is 0 Å². The Balaban J connectivity index is 1.61. The van der Waals surface area contributed by atoms with Crippen LogP contribution in [-0.4, -0.2) is 15.5 Å². The van der Waals surface area contributed by atoms with E-state index in [-0.39, 0.29) is 24.1 Å². The van der Waals surface area contributed by atoms with Gasteiger partial charge in [-0.1, -0.05) is 72.3 Å². The molecule has 3 aromatic carbocycles. The first-order chi connectivity index (χ1) is 14.1. The molecule has 0 saturated carbocycles. The standard InChI is InChI=1S/C24H21N3O2/c1-17-11-13-19(14-12-17)23(18-7-3-2-4-8-18)26-22(28)15-27-16-25-21-10-6-5-9-20(21)24(27)29/h2-14,16,23H,15H2,1H3,(H,26,28). The first-order valence-electron chi connectivity index (χ1n) is 9.47. The molecule has 1 unspecified atom stereocenters. The molecule has 0 saturated heterocycles. The van der Waals surface area contributed by atoms with Gasteiger partial charge in [-0.2, -0.15) is 0 Å². The number of hydrogen-bond donors (Lipinski definition) is 1. The number of benzene rings is 3. The molecule has 1 amide bonds. The fraction of sp³-hybridized carbons (Fsp3) is 0.125. The van der Waals surface area contributed by atoms with Crippen molar-refractivity contribution in [3.63, 3.8) is 0 Å². The summed E-state index contributed by atoms with van der Waals surface area (Å²) >= 11 is 0. The highest BCUT2D eigenvalue weighted by Crippen LogP contribution is 2.22. The van der Waals surface area contributed by atoms with Gasteiger partial charge < -0.3 is 5.32 Å². The predicted octanol–water partition coefficient (Wildman–Crippen LogP) is 3.61. The summed E-state index contributed by atoms with van der Waals surface area (Å²) in [5.41, 5.74) is 3.52. The lowest BCUT2D eigenvalue weighted by Gasteiger charge is -2.20. The fourth-order valence-corrected chi connectivity index (χ4v) is 3.34. The number of aromatic nitrogens is 2. The van der Waals surface area contributed by atoms with Crippen LogP contribution in [0.15, 0.2) is 90.0 Å². The molecule has 1 N–H and O–H groups in total. The highest BCUT2D eigenvalue weighted by atomic mass is 16.2. The van der Waals surface area contributed by atoms with E-state index in [1.54, 1.807) is 18.2 Å². The minimum Gasteiger partial charge on any atom is -0.344 e. The molecule has 4 aromatic rings. The van der Waals surface area contributed by atoms with Crippen molar-refractivity contribution in [1.82, 2.24) is 14.9 Å². The molecule has 5 heteroatoms. The Morgan fingerprint density at radius 1 is 0.931 bits per heavy atom. The zero-order valence-electron chi connectivity index (χ0n) is 16.1. The van der Waals surface area contributed by atoms with Crippen molar-refractivity contribution < 1.29 is 4.79 Å². The number of rotatable bonds is 5. The lowest BCUT2D eigenvalue weighted by molar-refractivity contribution is -0.122. The molecule has 0 radical (unpaired) electrons. The van der Waals surface area contributed by atoms with Crippen LogP contribution in [0.2, 0.25) is 0 Å². The maximum atomic E-state index is 12.8. The van der Waals surface area contributed by atoms with Gasteiger partial charge in [0.15, 0.2) is 0 Å². The van der Waals surface area contributed by atoms with Crippen molar-refractivity contribution in [2.75, 3.05) is 0 Å². The van der Waals surface area contributed by atoms with E-state index in [9.17, 15) is 9.59 Å². The van der Waals surface area contributed by atoms with E-state index in [0.29, 0.717) is 10.9 Å². The molecule has 0 aliphatic carbocycles. The van der Waals surface area contributed by atoms with Gasteiger partial charge in [0.25, 0.3) is 5.56 Å². The molecule has 4 rings (SSSR count). The third kappa shape index (κ3) is 4.09. The third-order valence-corrected chi connectivity index (χ3v) is 4.89. The molecule has 1 aromatic heterocycles. The number of para-hydroxylation sites is 1. The summed E-state index contributed by atoms with van der Waals surface area (Å²) in [5, 5.41) is 3.57. The van der Waals surface area contributed by atoms with Crippen LogP contribution >= 0.6 is 0 Å². The van der Waals surface area contributed by atoms with E-state index in [4.69, 9.17) is 0 Å². The van der Waals surface area contributed by atoms with Gasteiger partial charge in [0, 0.05) is 0 Å². The van der Waals surface area contributed by atoms with Crippen molar-refractivity contribution in [3.8, 4) is 0 Å². The van der Waals surface area contributed by atoms with Gasteiger partial charge in [-0.25, -0.2) is 4.98 Å². The SMILES string of the molecule is Cc1ccc(C(NC(=O)Cn2cnc3ccccc3c2=O)c2ccccc2)cc1. The Labute approximate surface area is 168 Å². The first-order valence-corrected chi connectivity index (χ1v) is 9.47. The van der Waals surface area contributed by atoms with Crippen molar-refractivity contribution in [1.29, 1.82) is 0 Å². The highest BCUT2D eigenvalue weighted by Gasteiger charge is 2.17. The van der Waals surface area contributed by atoms with Crippen LogP contribution in [0.3, 0.4) is 0 Å². The minimum atomic E-state index is -0.298. The molecular formula is C24H21N3O2. The van der Waals surface area contributed by atoms with Crippen LogP contribution < -0.4 is 10.9 Å². The summed E-state index contributed by atoms with van der Waals surface area (Å²) in [4.78, 5) is 29.8. The Kier molecular flexibility index (Phi) is 5.20. The quantitative estimate of drug-likeness (QED) is 0.573. The van der Waals surface area contributed by atoms with Crippen LogP contribution in [0.4, 0.5) is 0 Å². The van der Waals surface area contributed by atoms with Crippen molar-refractivity contribution in [2.24, 2.45) is 0 Å². The molecule has 0 fully saturated rings. The zero-order valence-corrected chi connectivity index (χ0v) is 16.1. The molecule has 0 bridgehead atoms. The number of hydrogen-bond acceptors (Lipinski definition) is 3. The van der Waals surface area contributed by atoms with Gasteiger partial charge in [-0.3, -0.25) is 14.2 Å². The largest absolute Gasteiger partial charge is 0.344 e. The molecule has 0 aliphatic heterocycles. The smallest absolute Gasteiger partial charge is 0.261 e. The normalized spacial score (nSPS) is 11.9. The molecule has 1 heterocycles. The number of nitrogens with zero attached hydrogens (tertiary/aromatic N) is 2. The van der Waals surface area contributed by atoms with Gasteiger partial charge in [0.05, 0.1) is 23.3 Å². The fourth-order valence-electron chi connectivity index (χ4n) is 3.34. The molecule has 29 heavy (non-hydrogen) atoms. The highest BCUT2D eigenvalue weighted by molar-refractivity contribution is 5.79. The zero-order chi connectivity index (χ0) is 20.2. The van der Waals surface area contributed by atoms with E-state index in [1.807, 2.05) is 67.6 Å². The lowest BCUT2D eigenvalue weighted by atomic mass is 9.98. The number of carbonyl (C=O) groups is 1. The molecule has 0 spiro atoms. The maximum absolute atomic E-state index is 12.8. The third-order valence-electron chi connectivity index (χ3n) is 4.89. The summed E-state index contributed by atoms with van der Waals surface area (Å²) in [6.07, 6.45) is 1.42. The average molecular weight is 383 g/mol.